The highest BCUT2D eigenvalue weighted by molar-refractivity contribution is 4.69. The third-order valence-electron chi connectivity index (χ3n) is 3.25. The Hall–Kier alpha value is -0.0400. The summed E-state index contributed by atoms with van der Waals surface area (Å²) in [4.78, 5) is 0. The smallest absolute Gasteiger partial charge is 0.00463 e. The summed E-state index contributed by atoms with van der Waals surface area (Å²) >= 11 is 0. The molecule has 0 spiro atoms. The van der Waals surface area contributed by atoms with Crippen LogP contribution in [0, 0.1) is 11.3 Å². The van der Waals surface area contributed by atoms with E-state index >= 15 is 0 Å². The van der Waals surface area contributed by atoms with Crippen LogP contribution in [0.15, 0.2) is 0 Å². The lowest BCUT2D eigenvalue weighted by Gasteiger charge is -2.23. The van der Waals surface area contributed by atoms with Gasteiger partial charge in [0.1, 0.15) is 0 Å². The summed E-state index contributed by atoms with van der Waals surface area (Å²) in [7, 11) is 0. The van der Waals surface area contributed by atoms with Crippen molar-refractivity contribution in [3.63, 3.8) is 0 Å². The lowest BCUT2D eigenvalue weighted by molar-refractivity contribution is 0.317. The molecule has 0 aromatic heterocycles. The van der Waals surface area contributed by atoms with E-state index in [0.717, 1.165) is 5.92 Å². The quantitative estimate of drug-likeness (QED) is 0.679. The highest BCUT2D eigenvalue weighted by Gasteiger charge is 2.13. The first-order valence-electron chi connectivity index (χ1n) is 6.29. The fraction of sp³-hybridized carbons (Fsp3) is 1.00. The summed E-state index contributed by atoms with van der Waals surface area (Å²) in [6.07, 6.45) is 8.55. The summed E-state index contributed by atoms with van der Waals surface area (Å²) in [5.74, 6) is 1.02. The maximum atomic E-state index is 3.43. The van der Waals surface area contributed by atoms with Crippen molar-refractivity contribution in [2.45, 2.75) is 59.3 Å². The Kier molecular flexibility index (Phi) is 4.94. The Morgan fingerprint density at radius 3 is 2.29 bits per heavy atom. The standard InChI is InChI=1S/C13H27N/c1-13(2,3)9-5-4-6-12-7-10-14-11-8-12/h12,14H,4-11H2,1-3H3. The van der Waals surface area contributed by atoms with Crippen LogP contribution < -0.4 is 5.32 Å². The van der Waals surface area contributed by atoms with E-state index in [1.165, 1.54) is 51.6 Å². The zero-order valence-corrected chi connectivity index (χ0v) is 10.2. The van der Waals surface area contributed by atoms with Crippen LogP contribution in [-0.4, -0.2) is 13.1 Å². The molecule has 0 atom stereocenters. The van der Waals surface area contributed by atoms with Gasteiger partial charge in [-0.2, -0.15) is 0 Å². The van der Waals surface area contributed by atoms with Crippen molar-refractivity contribution >= 4 is 0 Å². The molecule has 1 heteroatoms. The van der Waals surface area contributed by atoms with Gasteiger partial charge in [-0.3, -0.25) is 0 Å². The molecule has 1 aliphatic heterocycles. The van der Waals surface area contributed by atoms with Gasteiger partial charge in [-0.25, -0.2) is 0 Å². The Morgan fingerprint density at radius 2 is 1.71 bits per heavy atom. The van der Waals surface area contributed by atoms with E-state index < -0.39 is 0 Å². The minimum absolute atomic E-state index is 0.536. The van der Waals surface area contributed by atoms with E-state index in [1.54, 1.807) is 0 Å². The summed E-state index contributed by atoms with van der Waals surface area (Å²) in [5, 5.41) is 3.43. The third kappa shape index (κ3) is 5.64. The molecule has 0 saturated carbocycles. The highest BCUT2D eigenvalue weighted by atomic mass is 14.9. The second kappa shape index (κ2) is 5.75. The van der Waals surface area contributed by atoms with Crippen molar-refractivity contribution in [3.05, 3.63) is 0 Å². The van der Waals surface area contributed by atoms with Crippen LogP contribution in [0.1, 0.15) is 59.3 Å². The summed E-state index contributed by atoms with van der Waals surface area (Å²) < 4.78 is 0. The molecule has 1 heterocycles. The molecule has 84 valence electrons. The minimum Gasteiger partial charge on any atom is -0.317 e. The number of unbranched alkanes of at least 4 members (excludes halogenated alkanes) is 1. The fourth-order valence-corrected chi connectivity index (χ4v) is 2.26. The molecule has 14 heavy (non-hydrogen) atoms. The topological polar surface area (TPSA) is 12.0 Å². The second-order valence-corrected chi connectivity index (χ2v) is 6.00. The first kappa shape index (κ1) is 12.0. The van der Waals surface area contributed by atoms with Crippen LogP contribution in [0.2, 0.25) is 0 Å². The lowest BCUT2D eigenvalue weighted by atomic mass is 9.87. The number of piperidine rings is 1. The van der Waals surface area contributed by atoms with Gasteiger partial charge in [-0.05, 0) is 43.7 Å². The summed E-state index contributed by atoms with van der Waals surface area (Å²) in [6, 6.07) is 0. The van der Waals surface area contributed by atoms with Crippen LogP contribution in [0.25, 0.3) is 0 Å². The first-order chi connectivity index (χ1) is 6.58. The van der Waals surface area contributed by atoms with Crippen molar-refractivity contribution < 1.29 is 0 Å². The normalized spacial score (nSPS) is 19.9. The van der Waals surface area contributed by atoms with Crippen molar-refractivity contribution in [1.29, 1.82) is 0 Å². The fourth-order valence-electron chi connectivity index (χ4n) is 2.26. The van der Waals surface area contributed by atoms with Crippen molar-refractivity contribution in [2.75, 3.05) is 13.1 Å². The highest BCUT2D eigenvalue weighted by Crippen LogP contribution is 2.24. The van der Waals surface area contributed by atoms with E-state index in [-0.39, 0.29) is 0 Å². The molecule has 1 rings (SSSR count). The average molecular weight is 197 g/mol. The maximum absolute atomic E-state index is 3.43. The molecule has 0 aromatic carbocycles. The monoisotopic (exact) mass is 197 g/mol. The molecule has 1 fully saturated rings. The van der Waals surface area contributed by atoms with Gasteiger partial charge >= 0.3 is 0 Å². The van der Waals surface area contributed by atoms with Crippen LogP contribution >= 0.6 is 0 Å². The van der Waals surface area contributed by atoms with Gasteiger partial charge in [-0.1, -0.05) is 40.0 Å². The van der Waals surface area contributed by atoms with Gasteiger partial charge in [0.05, 0.1) is 0 Å². The van der Waals surface area contributed by atoms with Crippen molar-refractivity contribution in [1.82, 2.24) is 5.32 Å². The van der Waals surface area contributed by atoms with E-state index in [2.05, 4.69) is 26.1 Å². The second-order valence-electron chi connectivity index (χ2n) is 6.00. The molecule has 0 aliphatic carbocycles. The summed E-state index contributed by atoms with van der Waals surface area (Å²) in [5.41, 5.74) is 0.536. The van der Waals surface area contributed by atoms with Crippen LogP contribution in [0.3, 0.4) is 0 Å². The molecule has 1 N–H and O–H groups in total. The Morgan fingerprint density at radius 1 is 1.07 bits per heavy atom. The predicted molar refractivity (Wildman–Crippen MR) is 63.5 cm³/mol. The van der Waals surface area contributed by atoms with E-state index in [0.29, 0.717) is 5.41 Å². The molecule has 1 nitrogen and oxygen atoms in total. The van der Waals surface area contributed by atoms with E-state index in [4.69, 9.17) is 0 Å². The van der Waals surface area contributed by atoms with Gasteiger partial charge in [-0.15, -0.1) is 0 Å². The van der Waals surface area contributed by atoms with Crippen LogP contribution in [-0.2, 0) is 0 Å². The molecule has 1 saturated heterocycles. The zero-order chi connectivity index (χ0) is 10.4. The zero-order valence-electron chi connectivity index (χ0n) is 10.2. The number of hydrogen-bond donors (Lipinski definition) is 1. The summed E-state index contributed by atoms with van der Waals surface area (Å²) in [6.45, 7) is 9.54. The van der Waals surface area contributed by atoms with Gasteiger partial charge in [0.25, 0.3) is 0 Å². The lowest BCUT2D eigenvalue weighted by Crippen LogP contribution is -2.27. The average Bonchev–Trinajstić information content (AvgIpc) is 2.13. The largest absolute Gasteiger partial charge is 0.317 e. The number of hydrogen-bond acceptors (Lipinski definition) is 1. The molecule has 0 bridgehead atoms. The maximum Gasteiger partial charge on any atom is -0.00463 e. The molecule has 0 radical (unpaired) electrons. The van der Waals surface area contributed by atoms with Gasteiger partial charge in [0, 0.05) is 0 Å². The Balaban J connectivity index is 1.97. The molecule has 0 unspecified atom stereocenters. The molecule has 1 aliphatic rings. The molecular formula is C13H27N. The van der Waals surface area contributed by atoms with E-state index in [9.17, 15) is 0 Å². The van der Waals surface area contributed by atoms with Gasteiger partial charge in [0.2, 0.25) is 0 Å². The molecule has 0 aromatic rings. The first-order valence-corrected chi connectivity index (χ1v) is 6.29. The Bertz CT molecular complexity index is 140. The van der Waals surface area contributed by atoms with Crippen LogP contribution in [0.4, 0.5) is 0 Å². The third-order valence-corrected chi connectivity index (χ3v) is 3.25. The number of rotatable bonds is 4. The Labute approximate surface area is 89.7 Å². The van der Waals surface area contributed by atoms with Crippen LogP contribution in [0.5, 0.6) is 0 Å². The molecular weight excluding hydrogens is 170 g/mol. The van der Waals surface area contributed by atoms with E-state index in [1.807, 2.05) is 0 Å². The number of nitrogens with one attached hydrogen (secondary N) is 1. The van der Waals surface area contributed by atoms with Gasteiger partial charge < -0.3 is 5.32 Å². The SMILES string of the molecule is CC(C)(C)CCCCC1CCNCC1. The van der Waals surface area contributed by atoms with Crippen molar-refractivity contribution in [3.8, 4) is 0 Å². The predicted octanol–water partition coefficient (Wildman–Crippen LogP) is 3.59. The van der Waals surface area contributed by atoms with Gasteiger partial charge in [0.15, 0.2) is 0 Å². The molecule has 0 amide bonds. The van der Waals surface area contributed by atoms with Crippen molar-refractivity contribution in [2.24, 2.45) is 11.3 Å². The minimum atomic E-state index is 0.536.